The molecule has 0 aromatic heterocycles. The molecular weight excluding hydrogens is 243 g/mol. The standard InChI is InChI=1S/C12H16ClFN2O/c1-12(2)7-16(3-4-17-12)11-6-9(14)8(13)5-10(11)15/h5-6H,3-4,7,15H2,1-2H3. The molecule has 1 fully saturated rings. The Morgan fingerprint density at radius 2 is 2.18 bits per heavy atom. The fourth-order valence-corrected chi connectivity index (χ4v) is 2.22. The van der Waals surface area contributed by atoms with Gasteiger partial charge in [-0.3, -0.25) is 0 Å². The van der Waals surface area contributed by atoms with Gasteiger partial charge in [0.25, 0.3) is 0 Å². The van der Waals surface area contributed by atoms with Crippen LogP contribution in [0.1, 0.15) is 13.8 Å². The van der Waals surface area contributed by atoms with Gasteiger partial charge in [0, 0.05) is 19.2 Å². The second-order valence-electron chi connectivity index (χ2n) is 4.85. The maximum absolute atomic E-state index is 13.5. The predicted molar refractivity (Wildman–Crippen MR) is 68.1 cm³/mol. The van der Waals surface area contributed by atoms with E-state index in [1.807, 2.05) is 18.7 Å². The summed E-state index contributed by atoms with van der Waals surface area (Å²) >= 11 is 5.68. The minimum atomic E-state index is -0.444. The number of nitrogen functional groups attached to an aromatic ring is 1. The second-order valence-corrected chi connectivity index (χ2v) is 5.26. The lowest BCUT2D eigenvalue weighted by Gasteiger charge is -2.39. The molecular formula is C12H16ClFN2O. The van der Waals surface area contributed by atoms with Crippen molar-refractivity contribution in [3.8, 4) is 0 Å². The van der Waals surface area contributed by atoms with Crippen molar-refractivity contribution in [2.75, 3.05) is 30.3 Å². The van der Waals surface area contributed by atoms with E-state index in [0.29, 0.717) is 31.1 Å². The van der Waals surface area contributed by atoms with Gasteiger partial charge < -0.3 is 15.4 Å². The van der Waals surface area contributed by atoms with Crippen molar-refractivity contribution in [2.24, 2.45) is 0 Å². The smallest absolute Gasteiger partial charge is 0.144 e. The van der Waals surface area contributed by atoms with Gasteiger partial charge in [-0.15, -0.1) is 0 Å². The number of nitrogens with two attached hydrogens (primary N) is 1. The molecule has 0 saturated carbocycles. The van der Waals surface area contributed by atoms with E-state index in [2.05, 4.69) is 0 Å². The van der Waals surface area contributed by atoms with Crippen molar-refractivity contribution in [3.05, 3.63) is 23.0 Å². The fourth-order valence-electron chi connectivity index (χ4n) is 2.05. The molecule has 0 radical (unpaired) electrons. The van der Waals surface area contributed by atoms with Crippen LogP contribution < -0.4 is 10.6 Å². The molecule has 1 aliphatic rings. The summed E-state index contributed by atoms with van der Waals surface area (Å²) in [6.07, 6.45) is 0. The third-order valence-electron chi connectivity index (χ3n) is 2.84. The van der Waals surface area contributed by atoms with E-state index in [9.17, 15) is 4.39 Å². The van der Waals surface area contributed by atoms with Gasteiger partial charge >= 0.3 is 0 Å². The zero-order valence-corrected chi connectivity index (χ0v) is 10.7. The summed E-state index contributed by atoms with van der Waals surface area (Å²) in [4.78, 5) is 2.03. The third-order valence-corrected chi connectivity index (χ3v) is 3.13. The summed E-state index contributed by atoms with van der Waals surface area (Å²) in [6.45, 7) is 5.99. The molecule has 0 unspecified atom stereocenters. The molecule has 94 valence electrons. The lowest BCUT2D eigenvalue weighted by molar-refractivity contribution is -0.0276. The van der Waals surface area contributed by atoms with E-state index in [1.165, 1.54) is 12.1 Å². The van der Waals surface area contributed by atoms with E-state index in [4.69, 9.17) is 22.1 Å². The normalized spacial score (nSPS) is 19.4. The van der Waals surface area contributed by atoms with Gasteiger partial charge in [-0.25, -0.2) is 4.39 Å². The molecule has 0 bridgehead atoms. The van der Waals surface area contributed by atoms with Crippen LogP contribution in [0.5, 0.6) is 0 Å². The molecule has 1 aliphatic heterocycles. The lowest BCUT2D eigenvalue weighted by atomic mass is 10.1. The van der Waals surface area contributed by atoms with E-state index in [-0.39, 0.29) is 10.6 Å². The van der Waals surface area contributed by atoms with Gasteiger partial charge in [0.1, 0.15) is 5.82 Å². The van der Waals surface area contributed by atoms with Gasteiger partial charge in [0.2, 0.25) is 0 Å². The number of rotatable bonds is 1. The maximum atomic E-state index is 13.5. The summed E-state index contributed by atoms with van der Waals surface area (Å²) in [5, 5.41) is 0.0544. The first kappa shape index (κ1) is 12.5. The molecule has 1 heterocycles. The zero-order chi connectivity index (χ0) is 12.6. The molecule has 2 N–H and O–H groups in total. The summed E-state index contributed by atoms with van der Waals surface area (Å²) in [6, 6.07) is 2.84. The van der Waals surface area contributed by atoms with Gasteiger partial charge in [-0.1, -0.05) is 11.6 Å². The number of halogens is 2. The highest BCUT2D eigenvalue weighted by molar-refractivity contribution is 6.31. The first-order valence-electron chi connectivity index (χ1n) is 5.52. The molecule has 0 atom stereocenters. The molecule has 1 saturated heterocycles. The number of ether oxygens (including phenoxy) is 1. The number of hydrogen-bond acceptors (Lipinski definition) is 3. The zero-order valence-electron chi connectivity index (χ0n) is 9.96. The van der Waals surface area contributed by atoms with Crippen LogP contribution in [0.15, 0.2) is 12.1 Å². The molecule has 5 heteroatoms. The SMILES string of the molecule is CC1(C)CN(c2cc(F)c(Cl)cc2N)CCO1. The Kier molecular flexibility index (Phi) is 3.19. The van der Waals surface area contributed by atoms with Gasteiger partial charge in [0.05, 0.1) is 28.6 Å². The number of nitrogens with zero attached hydrogens (tertiary/aromatic N) is 1. The molecule has 1 aromatic carbocycles. The minimum absolute atomic E-state index is 0.0544. The van der Waals surface area contributed by atoms with Crippen molar-refractivity contribution in [1.82, 2.24) is 0 Å². The van der Waals surface area contributed by atoms with Gasteiger partial charge in [0.15, 0.2) is 0 Å². The molecule has 0 spiro atoms. The summed E-state index contributed by atoms with van der Waals surface area (Å²) in [7, 11) is 0. The number of anilines is 2. The molecule has 17 heavy (non-hydrogen) atoms. The van der Waals surface area contributed by atoms with Crippen LogP contribution in [-0.4, -0.2) is 25.3 Å². The second kappa shape index (κ2) is 4.35. The van der Waals surface area contributed by atoms with Gasteiger partial charge in [-0.05, 0) is 19.9 Å². The highest BCUT2D eigenvalue weighted by Crippen LogP contribution is 2.31. The first-order valence-corrected chi connectivity index (χ1v) is 5.90. The third kappa shape index (κ3) is 2.64. The highest BCUT2D eigenvalue weighted by Gasteiger charge is 2.28. The van der Waals surface area contributed by atoms with Crippen LogP contribution in [-0.2, 0) is 4.74 Å². The van der Waals surface area contributed by atoms with Crippen LogP contribution in [0.2, 0.25) is 5.02 Å². The molecule has 3 nitrogen and oxygen atoms in total. The van der Waals surface area contributed by atoms with Crippen molar-refractivity contribution in [2.45, 2.75) is 19.4 Å². The predicted octanol–water partition coefficient (Wildman–Crippen LogP) is 2.68. The molecule has 2 rings (SSSR count). The number of hydrogen-bond donors (Lipinski definition) is 1. The van der Waals surface area contributed by atoms with E-state index in [0.717, 1.165) is 0 Å². The van der Waals surface area contributed by atoms with Crippen molar-refractivity contribution in [1.29, 1.82) is 0 Å². The Morgan fingerprint density at radius 1 is 1.47 bits per heavy atom. The quantitative estimate of drug-likeness (QED) is 0.787. The number of morpholine rings is 1. The minimum Gasteiger partial charge on any atom is -0.397 e. The van der Waals surface area contributed by atoms with Crippen molar-refractivity contribution >= 4 is 23.0 Å². The first-order chi connectivity index (χ1) is 7.89. The van der Waals surface area contributed by atoms with Crippen LogP contribution in [0.4, 0.5) is 15.8 Å². The average molecular weight is 259 g/mol. The van der Waals surface area contributed by atoms with Crippen molar-refractivity contribution in [3.63, 3.8) is 0 Å². The summed E-state index contributed by atoms with van der Waals surface area (Å²) in [5.41, 5.74) is 6.81. The fraction of sp³-hybridized carbons (Fsp3) is 0.500. The van der Waals surface area contributed by atoms with Crippen molar-refractivity contribution < 1.29 is 9.13 Å². The van der Waals surface area contributed by atoms with Crippen LogP contribution in [0.3, 0.4) is 0 Å². The summed E-state index contributed by atoms with van der Waals surface area (Å²) < 4.78 is 19.1. The van der Waals surface area contributed by atoms with E-state index >= 15 is 0 Å². The number of benzene rings is 1. The largest absolute Gasteiger partial charge is 0.397 e. The Bertz CT molecular complexity index is 437. The Labute approximate surface area is 105 Å². The molecule has 0 aliphatic carbocycles. The topological polar surface area (TPSA) is 38.5 Å². The summed E-state index contributed by atoms with van der Waals surface area (Å²) in [5.74, 6) is -0.444. The molecule has 0 amide bonds. The van der Waals surface area contributed by atoms with Crippen LogP contribution in [0.25, 0.3) is 0 Å². The molecule has 1 aromatic rings. The monoisotopic (exact) mass is 258 g/mol. The Hall–Kier alpha value is -1.00. The Balaban J connectivity index is 2.31. The van der Waals surface area contributed by atoms with Gasteiger partial charge in [-0.2, -0.15) is 0 Å². The van der Waals surface area contributed by atoms with E-state index < -0.39 is 5.82 Å². The Morgan fingerprint density at radius 3 is 2.82 bits per heavy atom. The lowest BCUT2D eigenvalue weighted by Crippen LogP contribution is -2.48. The van der Waals surface area contributed by atoms with E-state index in [1.54, 1.807) is 0 Å². The highest BCUT2D eigenvalue weighted by atomic mass is 35.5. The van der Waals surface area contributed by atoms with Crippen LogP contribution in [0, 0.1) is 5.82 Å². The average Bonchev–Trinajstić information content (AvgIpc) is 2.22. The maximum Gasteiger partial charge on any atom is 0.144 e. The van der Waals surface area contributed by atoms with Crippen LogP contribution >= 0.6 is 11.6 Å².